The number of hydrogen-bond donors (Lipinski definition) is 1. The van der Waals surface area contributed by atoms with Crippen LogP contribution in [0.5, 0.6) is 0 Å². The summed E-state index contributed by atoms with van der Waals surface area (Å²) in [5, 5.41) is 3.17. The average molecular weight is 432 g/mol. The van der Waals surface area contributed by atoms with Crippen molar-refractivity contribution in [2.75, 3.05) is 6.54 Å². The van der Waals surface area contributed by atoms with Crippen molar-refractivity contribution < 1.29 is 4.79 Å². The van der Waals surface area contributed by atoms with E-state index in [1.54, 1.807) is 0 Å². The van der Waals surface area contributed by atoms with Crippen LogP contribution < -0.4 is 5.32 Å². The van der Waals surface area contributed by atoms with E-state index in [0.717, 1.165) is 70.0 Å². The van der Waals surface area contributed by atoms with Gasteiger partial charge in [0.15, 0.2) is 0 Å². The Bertz CT molecular complexity index is 973. The van der Waals surface area contributed by atoms with E-state index in [9.17, 15) is 4.79 Å². The number of aromatic nitrogens is 2. The number of rotatable bonds is 11. The van der Waals surface area contributed by atoms with Crippen LogP contribution in [0.1, 0.15) is 69.2 Å². The van der Waals surface area contributed by atoms with Gasteiger partial charge in [-0.05, 0) is 56.2 Å². The van der Waals surface area contributed by atoms with Crippen molar-refractivity contribution >= 4 is 16.9 Å². The fraction of sp³-hybridized carbons (Fsp3) is 0.500. The van der Waals surface area contributed by atoms with Crippen LogP contribution >= 0.6 is 0 Å². The number of imidazole rings is 1. The predicted molar refractivity (Wildman–Crippen MR) is 132 cm³/mol. The van der Waals surface area contributed by atoms with E-state index in [-0.39, 0.29) is 11.8 Å². The first kappa shape index (κ1) is 22.6. The Morgan fingerprint density at radius 2 is 1.66 bits per heavy atom. The second-order valence-corrected chi connectivity index (χ2v) is 9.19. The van der Waals surface area contributed by atoms with E-state index in [0.29, 0.717) is 0 Å². The summed E-state index contributed by atoms with van der Waals surface area (Å²) in [4.78, 5) is 17.2. The van der Waals surface area contributed by atoms with Crippen LogP contribution in [0.3, 0.4) is 0 Å². The molecule has 0 saturated heterocycles. The highest BCUT2D eigenvalue weighted by Gasteiger charge is 2.20. The van der Waals surface area contributed by atoms with Gasteiger partial charge in [-0.1, -0.05) is 68.1 Å². The Kier molecular flexibility index (Phi) is 8.35. The minimum absolute atomic E-state index is 0.263. The van der Waals surface area contributed by atoms with Gasteiger partial charge in [0.25, 0.3) is 0 Å². The zero-order valence-corrected chi connectivity index (χ0v) is 19.3. The molecule has 0 unspecified atom stereocenters. The third-order valence-electron chi connectivity index (χ3n) is 6.78. The highest BCUT2D eigenvalue weighted by molar-refractivity contribution is 5.78. The average Bonchev–Trinajstić information content (AvgIpc) is 3.20. The van der Waals surface area contributed by atoms with E-state index >= 15 is 0 Å². The van der Waals surface area contributed by atoms with Crippen LogP contribution in [0.25, 0.3) is 11.0 Å². The molecule has 0 atom stereocenters. The lowest BCUT2D eigenvalue weighted by atomic mass is 9.89. The van der Waals surface area contributed by atoms with Crippen LogP contribution in [-0.4, -0.2) is 22.0 Å². The van der Waals surface area contributed by atoms with Crippen molar-refractivity contribution in [3.63, 3.8) is 0 Å². The zero-order chi connectivity index (χ0) is 22.0. The highest BCUT2D eigenvalue weighted by atomic mass is 16.1. The summed E-state index contributed by atoms with van der Waals surface area (Å²) in [6, 6.07) is 19.2. The van der Waals surface area contributed by atoms with Crippen LogP contribution in [0.4, 0.5) is 0 Å². The zero-order valence-electron chi connectivity index (χ0n) is 19.3. The SMILES string of the molecule is O=C(NCCCCCc1nc2ccccc2n1CCCc1ccccc1)C1CCCCC1. The van der Waals surface area contributed by atoms with Crippen LogP contribution in [0.15, 0.2) is 54.6 Å². The first-order valence-electron chi connectivity index (χ1n) is 12.6. The highest BCUT2D eigenvalue weighted by Crippen LogP contribution is 2.23. The number of unbranched alkanes of at least 4 members (excludes halogenated alkanes) is 2. The molecule has 1 aromatic heterocycles. The molecule has 4 heteroatoms. The molecule has 0 radical (unpaired) electrons. The van der Waals surface area contributed by atoms with Gasteiger partial charge in [0, 0.05) is 25.4 Å². The molecule has 2 aromatic carbocycles. The second-order valence-electron chi connectivity index (χ2n) is 9.19. The number of fused-ring (bicyclic) bond motifs is 1. The van der Waals surface area contributed by atoms with Gasteiger partial charge < -0.3 is 9.88 Å². The maximum Gasteiger partial charge on any atom is 0.223 e. The summed E-state index contributed by atoms with van der Waals surface area (Å²) in [6.45, 7) is 1.81. The Hall–Kier alpha value is -2.62. The van der Waals surface area contributed by atoms with Crippen molar-refractivity contribution in [3.8, 4) is 0 Å². The molecule has 32 heavy (non-hydrogen) atoms. The first-order chi connectivity index (χ1) is 15.8. The Morgan fingerprint density at radius 1 is 0.875 bits per heavy atom. The molecular formula is C28H37N3O. The van der Waals surface area contributed by atoms with Crippen molar-refractivity contribution in [3.05, 3.63) is 66.0 Å². The number of carbonyl (C=O) groups is 1. The van der Waals surface area contributed by atoms with E-state index in [2.05, 4.69) is 64.5 Å². The number of amides is 1. The second kappa shape index (κ2) is 11.8. The first-order valence-corrected chi connectivity index (χ1v) is 12.6. The molecule has 1 saturated carbocycles. The summed E-state index contributed by atoms with van der Waals surface area (Å²) < 4.78 is 2.42. The number of benzene rings is 2. The molecule has 3 aromatic rings. The van der Waals surface area contributed by atoms with E-state index in [4.69, 9.17) is 4.98 Å². The Balaban J connectivity index is 1.24. The molecule has 0 aliphatic heterocycles. The standard InChI is InChI=1S/C28H37N3O/c32-28(24-16-6-2-7-17-24)29-21-11-3-8-20-27-30-25-18-9-10-19-26(25)31(27)22-12-15-23-13-4-1-5-14-23/h1,4-5,9-10,13-14,18-19,24H,2-3,6-8,11-12,15-17,20-22H2,(H,29,32). The molecule has 1 heterocycles. The van der Waals surface area contributed by atoms with Crippen molar-refractivity contribution in [1.29, 1.82) is 0 Å². The number of nitrogens with zero attached hydrogens (tertiary/aromatic N) is 2. The number of hydrogen-bond acceptors (Lipinski definition) is 2. The molecule has 1 N–H and O–H groups in total. The maximum absolute atomic E-state index is 12.3. The van der Waals surface area contributed by atoms with Gasteiger partial charge in [-0.15, -0.1) is 0 Å². The van der Waals surface area contributed by atoms with Crippen LogP contribution in [0, 0.1) is 5.92 Å². The molecule has 1 fully saturated rings. The fourth-order valence-corrected chi connectivity index (χ4v) is 4.96. The van der Waals surface area contributed by atoms with Crippen molar-refractivity contribution in [1.82, 2.24) is 14.9 Å². The minimum atomic E-state index is 0.263. The van der Waals surface area contributed by atoms with Gasteiger partial charge in [0.1, 0.15) is 5.82 Å². The van der Waals surface area contributed by atoms with E-state index in [1.807, 2.05) is 0 Å². The maximum atomic E-state index is 12.3. The molecule has 4 rings (SSSR count). The molecule has 1 aliphatic carbocycles. The van der Waals surface area contributed by atoms with Gasteiger partial charge in [-0.2, -0.15) is 0 Å². The van der Waals surface area contributed by atoms with Gasteiger partial charge in [0.05, 0.1) is 11.0 Å². The van der Waals surface area contributed by atoms with E-state index < -0.39 is 0 Å². The van der Waals surface area contributed by atoms with Crippen molar-refractivity contribution in [2.45, 2.75) is 77.2 Å². The number of carbonyl (C=O) groups excluding carboxylic acids is 1. The fourth-order valence-electron chi connectivity index (χ4n) is 4.96. The third-order valence-corrected chi connectivity index (χ3v) is 6.78. The third kappa shape index (κ3) is 6.21. The molecule has 0 spiro atoms. The normalized spacial score (nSPS) is 14.6. The predicted octanol–water partition coefficient (Wildman–Crippen LogP) is 6.08. The molecule has 1 aliphatic rings. The lowest BCUT2D eigenvalue weighted by Gasteiger charge is -2.20. The molecular weight excluding hydrogens is 394 g/mol. The molecule has 0 bridgehead atoms. The summed E-state index contributed by atoms with van der Waals surface area (Å²) >= 11 is 0. The van der Waals surface area contributed by atoms with Crippen molar-refractivity contribution in [2.24, 2.45) is 5.92 Å². The topological polar surface area (TPSA) is 46.9 Å². The Morgan fingerprint density at radius 3 is 2.50 bits per heavy atom. The number of aryl methyl sites for hydroxylation is 3. The molecule has 1 amide bonds. The smallest absolute Gasteiger partial charge is 0.223 e. The number of nitrogens with one attached hydrogen (secondary N) is 1. The summed E-state index contributed by atoms with van der Waals surface area (Å²) in [6.07, 6.45) is 12.4. The summed E-state index contributed by atoms with van der Waals surface area (Å²) in [5.74, 6) is 1.75. The molecule has 170 valence electrons. The Labute approximate surface area is 192 Å². The minimum Gasteiger partial charge on any atom is -0.356 e. The van der Waals surface area contributed by atoms with Gasteiger partial charge >= 0.3 is 0 Å². The van der Waals surface area contributed by atoms with Crippen LogP contribution in [0.2, 0.25) is 0 Å². The van der Waals surface area contributed by atoms with Gasteiger partial charge in [-0.3, -0.25) is 4.79 Å². The summed E-state index contributed by atoms with van der Waals surface area (Å²) in [5.41, 5.74) is 3.74. The number of para-hydroxylation sites is 2. The summed E-state index contributed by atoms with van der Waals surface area (Å²) in [7, 11) is 0. The van der Waals surface area contributed by atoms with Gasteiger partial charge in [-0.25, -0.2) is 4.98 Å². The largest absolute Gasteiger partial charge is 0.356 e. The van der Waals surface area contributed by atoms with Gasteiger partial charge in [0.2, 0.25) is 5.91 Å². The quantitative estimate of drug-likeness (QED) is 0.374. The molecule has 4 nitrogen and oxygen atoms in total. The monoisotopic (exact) mass is 431 g/mol. The van der Waals surface area contributed by atoms with E-state index in [1.165, 1.54) is 36.2 Å². The van der Waals surface area contributed by atoms with Crippen LogP contribution in [-0.2, 0) is 24.2 Å². The lowest BCUT2D eigenvalue weighted by Crippen LogP contribution is -2.32. The lowest BCUT2D eigenvalue weighted by molar-refractivity contribution is -0.125.